The van der Waals surface area contributed by atoms with Crippen LogP contribution in [-0.4, -0.2) is 17.1 Å². The Hall–Kier alpha value is -1.51. The van der Waals surface area contributed by atoms with Crippen molar-refractivity contribution in [2.24, 2.45) is 0 Å². The van der Waals surface area contributed by atoms with Crippen molar-refractivity contribution in [2.75, 3.05) is 5.32 Å². The first kappa shape index (κ1) is 11.6. The quantitative estimate of drug-likeness (QED) is 0.800. The van der Waals surface area contributed by atoms with Gasteiger partial charge in [-0.15, -0.1) is 0 Å². The number of anilines is 1. The molecule has 0 radical (unpaired) electrons. The number of aliphatic carboxylic acids is 1. The molecule has 0 aliphatic rings. The monoisotopic (exact) mass is 207 g/mol. The van der Waals surface area contributed by atoms with E-state index in [0.717, 1.165) is 16.8 Å². The molecule has 0 spiro atoms. The van der Waals surface area contributed by atoms with Crippen molar-refractivity contribution in [3.8, 4) is 0 Å². The lowest BCUT2D eigenvalue weighted by Gasteiger charge is -2.16. The van der Waals surface area contributed by atoms with Crippen LogP contribution in [0.1, 0.15) is 23.6 Å². The Kier molecular flexibility index (Phi) is 3.35. The van der Waals surface area contributed by atoms with Crippen molar-refractivity contribution in [2.45, 2.75) is 33.7 Å². The van der Waals surface area contributed by atoms with E-state index in [-0.39, 0.29) is 0 Å². The minimum Gasteiger partial charge on any atom is -0.480 e. The molecule has 0 unspecified atom stereocenters. The smallest absolute Gasteiger partial charge is 0.325 e. The third-order valence-electron chi connectivity index (χ3n) is 2.41. The summed E-state index contributed by atoms with van der Waals surface area (Å²) in [5.74, 6) is -0.839. The first-order valence-corrected chi connectivity index (χ1v) is 4.99. The fourth-order valence-electron chi connectivity index (χ4n) is 1.69. The summed E-state index contributed by atoms with van der Waals surface area (Å²) in [7, 11) is 0. The van der Waals surface area contributed by atoms with Crippen LogP contribution in [-0.2, 0) is 4.79 Å². The number of carboxylic acids is 1. The second-order valence-electron chi connectivity index (χ2n) is 3.98. The Labute approximate surface area is 90.1 Å². The van der Waals surface area contributed by atoms with E-state index in [1.54, 1.807) is 6.92 Å². The van der Waals surface area contributed by atoms with Gasteiger partial charge in [0.25, 0.3) is 0 Å². The molecule has 3 heteroatoms. The van der Waals surface area contributed by atoms with Gasteiger partial charge < -0.3 is 10.4 Å². The van der Waals surface area contributed by atoms with Crippen LogP contribution in [0, 0.1) is 20.8 Å². The van der Waals surface area contributed by atoms with Crippen LogP contribution >= 0.6 is 0 Å². The number of hydrogen-bond acceptors (Lipinski definition) is 2. The molecule has 82 valence electrons. The zero-order chi connectivity index (χ0) is 11.6. The predicted octanol–water partition coefficient (Wildman–Crippen LogP) is 2.50. The topological polar surface area (TPSA) is 49.3 Å². The molecule has 1 aromatic rings. The maximum Gasteiger partial charge on any atom is 0.325 e. The maximum atomic E-state index is 10.7. The van der Waals surface area contributed by atoms with Crippen LogP contribution in [0.4, 0.5) is 5.69 Å². The lowest BCUT2D eigenvalue weighted by Crippen LogP contribution is -2.26. The Morgan fingerprint density at radius 3 is 2.13 bits per heavy atom. The van der Waals surface area contributed by atoms with Crippen LogP contribution < -0.4 is 5.32 Å². The van der Waals surface area contributed by atoms with Gasteiger partial charge in [-0.2, -0.15) is 0 Å². The van der Waals surface area contributed by atoms with Crippen molar-refractivity contribution in [3.05, 3.63) is 28.8 Å². The summed E-state index contributed by atoms with van der Waals surface area (Å²) in [6, 6.07) is 3.53. The van der Waals surface area contributed by atoms with E-state index in [1.807, 2.05) is 32.9 Å². The molecule has 0 heterocycles. The van der Waals surface area contributed by atoms with E-state index in [1.165, 1.54) is 5.56 Å². The van der Waals surface area contributed by atoms with Crippen LogP contribution in [0.15, 0.2) is 12.1 Å². The highest BCUT2D eigenvalue weighted by Crippen LogP contribution is 2.22. The molecule has 0 aliphatic heterocycles. The highest BCUT2D eigenvalue weighted by molar-refractivity contribution is 5.77. The molecular formula is C12H17NO2. The van der Waals surface area contributed by atoms with Gasteiger partial charge in [0.1, 0.15) is 6.04 Å². The van der Waals surface area contributed by atoms with Gasteiger partial charge in [-0.3, -0.25) is 4.79 Å². The van der Waals surface area contributed by atoms with E-state index >= 15 is 0 Å². The summed E-state index contributed by atoms with van der Waals surface area (Å²) in [4.78, 5) is 10.7. The molecule has 0 aliphatic carbocycles. The van der Waals surface area contributed by atoms with E-state index in [2.05, 4.69) is 5.32 Å². The highest BCUT2D eigenvalue weighted by Gasteiger charge is 2.12. The number of benzene rings is 1. The first-order valence-electron chi connectivity index (χ1n) is 4.99. The van der Waals surface area contributed by atoms with Crippen molar-refractivity contribution in [1.29, 1.82) is 0 Å². The molecule has 0 bridgehead atoms. The molecule has 0 aromatic heterocycles. The minimum absolute atomic E-state index is 0.565. The number of rotatable bonds is 3. The van der Waals surface area contributed by atoms with Crippen molar-refractivity contribution >= 4 is 11.7 Å². The average molecular weight is 207 g/mol. The Bertz CT molecular complexity index is 362. The summed E-state index contributed by atoms with van der Waals surface area (Å²) in [5, 5.41) is 11.8. The maximum absolute atomic E-state index is 10.7. The number of hydrogen-bond donors (Lipinski definition) is 2. The molecule has 1 rings (SSSR count). The van der Waals surface area contributed by atoms with Crippen molar-refractivity contribution < 1.29 is 9.90 Å². The number of nitrogens with one attached hydrogen (secondary N) is 1. The molecule has 1 atom stereocenters. The van der Waals surface area contributed by atoms with Gasteiger partial charge in [0.05, 0.1) is 0 Å². The summed E-state index contributed by atoms with van der Waals surface area (Å²) >= 11 is 0. The molecule has 3 nitrogen and oxygen atoms in total. The fraction of sp³-hybridized carbons (Fsp3) is 0.417. The van der Waals surface area contributed by atoms with Gasteiger partial charge in [0.2, 0.25) is 0 Å². The van der Waals surface area contributed by atoms with E-state index in [0.29, 0.717) is 0 Å². The SMILES string of the molecule is Cc1cc(C)c(N[C@@H](C)C(=O)O)c(C)c1. The predicted molar refractivity (Wildman–Crippen MR) is 61.4 cm³/mol. The second-order valence-corrected chi connectivity index (χ2v) is 3.98. The van der Waals surface area contributed by atoms with Crippen LogP contribution in [0.2, 0.25) is 0 Å². The molecular weight excluding hydrogens is 190 g/mol. The van der Waals surface area contributed by atoms with Gasteiger partial charge in [-0.05, 0) is 38.8 Å². The Morgan fingerprint density at radius 1 is 1.27 bits per heavy atom. The van der Waals surface area contributed by atoms with E-state index < -0.39 is 12.0 Å². The first-order chi connectivity index (χ1) is 6.91. The van der Waals surface area contributed by atoms with Gasteiger partial charge >= 0.3 is 5.97 Å². The van der Waals surface area contributed by atoms with Gasteiger partial charge in [0.15, 0.2) is 0 Å². The molecule has 15 heavy (non-hydrogen) atoms. The summed E-state index contributed by atoms with van der Waals surface area (Å²) in [5.41, 5.74) is 4.29. The molecule has 0 saturated heterocycles. The van der Waals surface area contributed by atoms with Gasteiger partial charge in [-0.25, -0.2) is 0 Å². The van der Waals surface area contributed by atoms with Crippen molar-refractivity contribution in [1.82, 2.24) is 0 Å². The third kappa shape index (κ3) is 2.72. The Balaban J connectivity index is 3.00. The van der Waals surface area contributed by atoms with E-state index in [9.17, 15) is 4.79 Å². The summed E-state index contributed by atoms with van der Waals surface area (Å²) < 4.78 is 0. The standard InChI is InChI=1S/C12H17NO2/c1-7-5-8(2)11(9(3)6-7)13-10(4)12(14)15/h5-6,10,13H,1-4H3,(H,14,15)/t10-/m0/s1. The number of carboxylic acid groups (broad SMARTS) is 1. The zero-order valence-corrected chi connectivity index (χ0v) is 9.59. The molecule has 0 saturated carbocycles. The fourth-order valence-corrected chi connectivity index (χ4v) is 1.69. The second kappa shape index (κ2) is 4.34. The zero-order valence-electron chi connectivity index (χ0n) is 9.59. The molecule has 1 aromatic carbocycles. The minimum atomic E-state index is -0.839. The van der Waals surface area contributed by atoms with Crippen LogP contribution in [0.25, 0.3) is 0 Å². The van der Waals surface area contributed by atoms with Gasteiger partial charge in [-0.1, -0.05) is 17.7 Å². The number of aryl methyl sites for hydroxylation is 3. The molecule has 0 amide bonds. The Morgan fingerprint density at radius 2 is 1.73 bits per heavy atom. The lowest BCUT2D eigenvalue weighted by atomic mass is 10.0. The normalized spacial score (nSPS) is 12.3. The van der Waals surface area contributed by atoms with E-state index in [4.69, 9.17) is 5.11 Å². The highest BCUT2D eigenvalue weighted by atomic mass is 16.4. The largest absolute Gasteiger partial charge is 0.480 e. The van der Waals surface area contributed by atoms with Gasteiger partial charge in [0, 0.05) is 5.69 Å². The summed E-state index contributed by atoms with van der Waals surface area (Å²) in [6.45, 7) is 7.64. The van der Waals surface area contributed by atoms with Crippen LogP contribution in [0.5, 0.6) is 0 Å². The summed E-state index contributed by atoms with van der Waals surface area (Å²) in [6.07, 6.45) is 0. The lowest BCUT2D eigenvalue weighted by molar-refractivity contribution is -0.137. The van der Waals surface area contributed by atoms with Crippen molar-refractivity contribution in [3.63, 3.8) is 0 Å². The molecule has 2 N–H and O–H groups in total. The third-order valence-corrected chi connectivity index (χ3v) is 2.41. The van der Waals surface area contributed by atoms with Crippen LogP contribution in [0.3, 0.4) is 0 Å². The number of carbonyl (C=O) groups is 1. The molecule has 0 fully saturated rings. The average Bonchev–Trinajstić information content (AvgIpc) is 2.10.